The molecule has 0 spiro atoms. The predicted octanol–water partition coefficient (Wildman–Crippen LogP) is 0.800. The molecule has 0 saturated carbocycles. The van der Waals surface area contributed by atoms with Crippen LogP contribution in [0.25, 0.3) is 0 Å². The summed E-state index contributed by atoms with van der Waals surface area (Å²) in [6, 6.07) is 12.2. The fourth-order valence-electron chi connectivity index (χ4n) is 2.51. The largest absolute Gasteiger partial charge is 0.460 e. The zero-order valence-electron chi connectivity index (χ0n) is 13.6. The van der Waals surface area contributed by atoms with Gasteiger partial charge in [-0.3, -0.25) is 10.1 Å². The van der Waals surface area contributed by atoms with E-state index in [0.29, 0.717) is 6.54 Å². The van der Waals surface area contributed by atoms with Crippen LogP contribution in [0.1, 0.15) is 23.1 Å². The first-order chi connectivity index (χ1) is 11.0. The molecular formula is C17H22N3O3+. The zero-order chi connectivity index (χ0) is 16.8. The molecule has 1 aromatic heterocycles. The van der Waals surface area contributed by atoms with Gasteiger partial charge in [0.25, 0.3) is 5.91 Å². The second-order valence-corrected chi connectivity index (χ2v) is 5.45. The third kappa shape index (κ3) is 4.43. The molecule has 1 unspecified atom stereocenters. The van der Waals surface area contributed by atoms with E-state index in [2.05, 4.69) is 10.6 Å². The molecule has 0 aliphatic rings. The summed E-state index contributed by atoms with van der Waals surface area (Å²) < 4.78 is 5.59. The van der Waals surface area contributed by atoms with Crippen molar-refractivity contribution in [1.29, 1.82) is 0 Å². The minimum Gasteiger partial charge on any atom is -0.460 e. The Balaban J connectivity index is 2.22. The van der Waals surface area contributed by atoms with Crippen LogP contribution >= 0.6 is 0 Å². The number of hydrogen-bond acceptors (Lipinski definition) is 3. The third-order valence-corrected chi connectivity index (χ3v) is 3.60. The van der Waals surface area contributed by atoms with Gasteiger partial charge in [0.05, 0.1) is 7.05 Å². The molecule has 0 fully saturated rings. The van der Waals surface area contributed by atoms with E-state index in [9.17, 15) is 9.59 Å². The molecule has 3 amide bonds. The van der Waals surface area contributed by atoms with Crippen molar-refractivity contribution in [2.24, 2.45) is 0 Å². The van der Waals surface area contributed by atoms with Crippen molar-refractivity contribution < 1.29 is 18.9 Å². The Morgan fingerprint density at radius 1 is 1.17 bits per heavy atom. The molecule has 1 heterocycles. The van der Waals surface area contributed by atoms with Gasteiger partial charge in [-0.05, 0) is 19.1 Å². The minimum absolute atomic E-state index is 0.351. The second-order valence-electron chi connectivity index (χ2n) is 5.45. The lowest BCUT2D eigenvalue weighted by Gasteiger charge is -2.23. The van der Waals surface area contributed by atoms with Gasteiger partial charge in [-0.15, -0.1) is 0 Å². The second kappa shape index (κ2) is 7.60. The number of carbonyl (C=O) groups is 2. The summed E-state index contributed by atoms with van der Waals surface area (Å²) in [6.07, 6.45) is 0. The Hall–Kier alpha value is -2.60. The quantitative estimate of drug-likeness (QED) is 0.764. The number of amides is 3. The Morgan fingerprint density at radius 3 is 2.43 bits per heavy atom. The maximum absolute atomic E-state index is 12.5. The normalized spacial score (nSPS) is 13.2. The summed E-state index contributed by atoms with van der Waals surface area (Å²) in [5.41, 5.74) is 0.842. The van der Waals surface area contributed by atoms with Gasteiger partial charge in [0.15, 0.2) is 11.8 Å². The number of rotatable bonds is 5. The van der Waals surface area contributed by atoms with E-state index in [0.717, 1.165) is 22.0 Å². The van der Waals surface area contributed by atoms with Gasteiger partial charge in [-0.25, -0.2) is 4.79 Å². The van der Waals surface area contributed by atoms with Crippen molar-refractivity contribution in [2.45, 2.75) is 19.5 Å². The summed E-state index contributed by atoms with van der Waals surface area (Å²) >= 11 is 0. The monoisotopic (exact) mass is 316 g/mol. The summed E-state index contributed by atoms with van der Waals surface area (Å²) in [5, 5.41) is 4.76. The lowest BCUT2D eigenvalue weighted by atomic mass is 10.0. The number of urea groups is 1. The highest BCUT2D eigenvalue weighted by Crippen LogP contribution is 2.11. The molecule has 6 nitrogen and oxygen atoms in total. The van der Waals surface area contributed by atoms with Crippen molar-refractivity contribution >= 4 is 11.9 Å². The van der Waals surface area contributed by atoms with Crippen LogP contribution in [-0.2, 0) is 11.3 Å². The fourth-order valence-corrected chi connectivity index (χ4v) is 2.51. The number of benzene rings is 1. The van der Waals surface area contributed by atoms with E-state index in [4.69, 9.17) is 4.42 Å². The number of likely N-dealkylation sites (N-methyl/N-ethyl adjacent to an activating group) is 1. The van der Waals surface area contributed by atoms with Crippen LogP contribution in [0.2, 0.25) is 0 Å². The van der Waals surface area contributed by atoms with Crippen molar-refractivity contribution in [3.05, 3.63) is 59.5 Å². The first-order valence-corrected chi connectivity index (χ1v) is 7.46. The summed E-state index contributed by atoms with van der Waals surface area (Å²) in [4.78, 5) is 24.9. The molecule has 122 valence electrons. The van der Waals surface area contributed by atoms with E-state index in [1.54, 1.807) is 0 Å². The number of furan rings is 1. The lowest BCUT2D eigenvalue weighted by Crippen LogP contribution is -3.09. The number of aryl methyl sites for hydroxylation is 1. The number of quaternary nitrogens is 1. The molecule has 2 rings (SSSR count). The Bertz CT molecular complexity index is 667. The maximum Gasteiger partial charge on any atom is 0.321 e. The van der Waals surface area contributed by atoms with E-state index in [-0.39, 0.29) is 5.91 Å². The molecule has 0 radical (unpaired) electrons. The minimum atomic E-state index is -0.516. The van der Waals surface area contributed by atoms with Crippen molar-refractivity contribution in [1.82, 2.24) is 10.6 Å². The van der Waals surface area contributed by atoms with Gasteiger partial charge in [-0.1, -0.05) is 30.3 Å². The Kier molecular flexibility index (Phi) is 5.54. The first-order valence-electron chi connectivity index (χ1n) is 7.46. The lowest BCUT2D eigenvalue weighted by molar-refractivity contribution is -0.917. The Morgan fingerprint density at radius 2 is 1.87 bits per heavy atom. The molecule has 0 aliphatic heterocycles. The van der Waals surface area contributed by atoms with Crippen molar-refractivity contribution in [3.63, 3.8) is 0 Å². The van der Waals surface area contributed by atoms with Gasteiger partial charge < -0.3 is 14.6 Å². The molecule has 2 atom stereocenters. The fraction of sp³-hybridized carbons (Fsp3) is 0.294. The molecule has 2 aromatic rings. The molecule has 1 aromatic carbocycles. The molecule has 6 heteroatoms. The Labute approximate surface area is 135 Å². The SMILES string of the molecule is CNC(=O)NC(=O)[C@H](c1ccccc1)[NH+](C)Cc1ccc(C)o1. The standard InChI is InChI=1S/C17H21N3O3/c1-12-9-10-14(23-12)11-20(3)15(13-7-5-4-6-8-13)16(21)19-17(22)18-2/h4-10,15H,11H2,1-3H3,(H2,18,19,21,22)/p+1/t15-/m0/s1. The van der Waals surface area contributed by atoms with Gasteiger partial charge in [0.2, 0.25) is 0 Å². The molecule has 0 aliphatic carbocycles. The number of nitrogens with one attached hydrogen (secondary N) is 3. The average molecular weight is 316 g/mol. The van der Waals surface area contributed by atoms with Crippen molar-refractivity contribution in [3.8, 4) is 0 Å². The molecule has 23 heavy (non-hydrogen) atoms. The first kappa shape index (κ1) is 16.8. The van der Waals surface area contributed by atoms with Crippen LogP contribution in [0.3, 0.4) is 0 Å². The van der Waals surface area contributed by atoms with Gasteiger partial charge in [0, 0.05) is 12.6 Å². The molecular weight excluding hydrogens is 294 g/mol. The smallest absolute Gasteiger partial charge is 0.321 e. The van der Waals surface area contributed by atoms with Crippen LogP contribution < -0.4 is 15.5 Å². The number of carbonyl (C=O) groups excluding carboxylic acids is 2. The van der Waals surface area contributed by atoms with Gasteiger partial charge >= 0.3 is 6.03 Å². The third-order valence-electron chi connectivity index (χ3n) is 3.60. The van der Waals surface area contributed by atoms with E-state index < -0.39 is 12.1 Å². The summed E-state index contributed by atoms with van der Waals surface area (Å²) in [5.74, 6) is 1.28. The highest BCUT2D eigenvalue weighted by Gasteiger charge is 2.30. The highest BCUT2D eigenvalue weighted by molar-refractivity contribution is 5.96. The molecule has 3 N–H and O–H groups in total. The topological polar surface area (TPSA) is 75.8 Å². The van der Waals surface area contributed by atoms with Crippen LogP contribution in [0.5, 0.6) is 0 Å². The van der Waals surface area contributed by atoms with E-state index in [1.165, 1.54) is 7.05 Å². The van der Waals surface area contributed by atoms with Crippen LogP contribution in [-0.4, -0.2) is 26.0 Å². The number of imide groups is 1. The molecule has 0 bridgehead atoms. The maximum atomic E-state index is 12.5. The van der Waals surface area contributed by atoms with Crippen LogP contribution in [0, 0.1) is 6.92 Å². The van der Waals surface area contributed by atoms with Gasteiger partial charge in [-0.2, -0.15) is 0 Å². The summed E-state index contributed by atoms with van der Waals surface area (Å²) in [7, 11) is 3.38. The number of hydrogen-bond donors (Lipinski definition) is 3. The van der Waals surface area contributed by atoms with E-state index >= 15 is 0 Å². The van der Waals surface area contributed by atoms with Gasteiger partial charge in [0.1, 0.15) is 12.3 Å². The summed E-state index contributed by atoms with van der Waals surface area (Å²) in [6.45, 7) is 2.42. The van der Waals surface area contributed by atoms with Crippen molar-refractivity contribution in [2.75, 3.05) is 14.1 Å². The van der Waals surface area contributed by atoms with Crippen LogP contribution in [0.4, 0.5) is 4.79 Å². The predicted molar refractivity (Wildman–Crippen MR) is 85.8 cm³/mol. The van der Waals surface area contributed by atoms with Crippen LogP contribution in [0.15, 0.2) is 46.9 Å². The average Bonchev–Trinajstić information content (AvgIpc) is 2.93. The van der Waals surface area contributed by atoms with E-state index in [1.807, 2.05) is 56.4 Å². The zero-order valence-corrected chi connectivity index (χ0v) is 13.6. The highest BCUT2D eigenvalue weighted by atomic mass is 16.3. The molecule has 0 saturated heterocycles.